The van der Waals surface area contributed by atoms with Gasteiger partial charge in [0.15, 0.2) is 5.16 Å². The van der Waals surface area contributed by atoms with E-state index in [1.165, 1.54) is 15.2 Å². The third kappa shape index (κ3) is 5.03. The Balaban J connectivity index is 1.28. The number of thioether (sulfide) groups is 1. The Morgan fingerprint density at radius 1 is 1.26 bits per heavy atom. The molecular weight excluding hydrogens is 508 g/mol. The lowest BCUT2D eigenvalue weighted by Crippen LogP contribution is -2.40. The Kier molecular flexibility index (Phi) is 6.99. The summed E-state index contributed by atoms with van der Waals surface area (Å²) in [7, 11) is -3.69. The molecule has 0 unspecified atom stereocenters. The first-order valence-corrected chi connectivity index (χ1v) is 14.7. The molecule has 5 rings (SSSR count). The van der Waals surface area contributed by atoms with Gasteiger partial charge in [0.05, 0.1) is 29.2 Å². The molecule has 2 N–H and O–H groups in total. The number of nitrogens with one attached hydrogen (secondary N) is 2. The molecule has 186 valence electrons. The average Bonchev–Trinajstić information content (AvgIpc) is 3.23. The number of morpholine rings is 1. The van der Waals surface area contributed by atoms with Gasteiger partial charge in [0, 0.05) is 23.7 Å². The molecule has 0 bridgehead atoms. The van der Waals surface area contributed by atoms with Crippen LogP contribution in [0.25, 0.3) is 10.2 Å². The number of benzene rings is 1. The number of H-pyrrole nitrogens is 1. The van der Waals surface area contributed by atoms with Crippen molar-refractivity contribution in [1.29, 1.82) is 0 Å². The van der Waals surface area contributed by atoms with E-state index < -0.39 is 10.0 Å². The maximum Gasteiger partial charge on any atom is 0.260 e. The molecule has 0 saturated carbocycles. The van der Waals surface area contributed by atoms with Gasteiger partial charge < -0.3 is 15.0 Å². The minimum atomic E-state index is -3.69. The highest BCUT2D eigenvalue weighted by Gasteiger charge is 2.28. The molecular formula is C23H26N4O5S3. The smallest absolute Gasteiger partial charge is 0.260 e. The molecule has 3 heterocycles. The van der Waals surface area contributed by atoms with Crippen LogP contribution in [0.2, 0.25) is 0 Å². The fourth-order valence-corrected chi connectivity index (χ4v) is 8.06. The van der Waals surface area contributed by atoms with E-state index >= 15 is 0 Å². The van der Waals surface area contributed by atoms with Crippen LogP contribution in [0.15, 0.2) is 33.0 Å². The molecule has 0 radical (unpaired) electrons. The maximum atomic E-state index is 13.1. The van der Waals surface area contributed by atoms with E-state index in [-0.39, 0.29) is 22.1 Å². The number of carbonyl (C=O) groups is 1. The van der Waals surface area contributed by atoms with Crippen LogP contribution in [0.1, 0.15) is 28.8 Å². The van der Waals surface area contributed by atoms with Gasteiger partial charge in [0.25, 0.3) is 5.56 Å². The summed E-state index contributed by atoms with van der Waals surface area (Å²) in [4.78, 5) is 34.8. The number of carbonyl (C=O) groups excluding carboxylic acids is 1. The number of ether oxygens (including phenoxy) is 1. The van der Waals surface area contributed by atoms with Crippen LogP contribution in [0, 0.1) is 6.92 Å². The number of nitrogens with zero attached hydrogens (tertiary/aromatic N) is 2. The van der Waals surface area contributed by atoms with Crippen LogP contribution in [0.4, 0.5) is 5.69 Å². The van der Waals surface area contributed by atoms with Crippen molar-refractivity contribution in [1.82, 2.24) is 14.3 Å². The number of aryl methyl sites for hydroxylation is 3. The molecule has 2 aliphatic rings. The van der Waals surface area contributed by atoms with Crippen LogP contribution in [-0.4, -0.2) is 60.7 Å². The molecule has 12 heteroatoms. The highest BCUT2D eigenvalue weighted by Crippen LogP contribution is 2.34. The van der Waals surface area contributed by atoms with Crippen molar-refractivity contribution in [2.24, 2.45) is 0 Å². The van der Waals surface area contributed by atoms with Crippen LogP contribution in [-0.2, 0) is 32.4 Å². The summed E-state index contributed by atoms with van der Waals surface area (Å²) in [6.45, 7) is 3.06. The Morgan fingerprint density at radius 3 is 2.83 bits per heavy atom. The van der Waals surface area contributed by atoms with Crippen molar-refractivity contribution in [3.63, 3.8) is 0 Å². The Labute approximate surface area is 211 Å². The third-order valence-corrected chi connectivity index (χ3v) is 10.3. The van der Waals surface area contributed by atoms with Gasteiger partial charge >= 0.3 is 0 Å². The monoisotopic (exact) mass is 534 g/mol. The first-order valence-electron chi connectivity index (χ1n) is 11.5. The standard InChI is InChI=1S/C23H26N4O5S3/c1-14-6-7-15(12-18(14)35(30,31)27-8-10-32-11-9-27)24-19(28)13-33-23-25-21(29)20-16-4-2-3-5-17(16)34-22(20)26-23/h6-7,12H,2-5,8-11,13H2,1H3,(H,24,28)(H,25,26,29). The van der Waals surface area contributed by atoms with E-state index in [1.807, 2.05) is 0 Å². The molecule has 1 amide bonds. The van der Waals surface area contributed by atoms with Gasteiger partial charge in [-0.25, -0.2) is 13.4 Å². The summed E-state index contributed by atoms with van der Waals surface area (Å²) in [6.07, 6.45) is 4.12. The van der Waals surface area contributed by atoms with Gasteiger partial charge in [-0.05, 0) is 55.9 Å². The normalized spacial score (nSPS) is 16.8. The van der Waals surface area contributed by atoms with Gasteiger partial charge in [0.1, 0.15) is 4.83 Å². The lowest BCUT2D eigenvalue weighted by Gasteiger charge is -2.26. The van der Waals surface area contributed by atoms with Crippen molar-refractivity contribution >= 4 is 54.9 Å². The minimum absolute atomic E-state index is 0.0267. The molecule has 9 nitrogen and oxygen atoms in total. The second kappa shape index (κ2) is 10.0. The molecule has 3 aromatic rings. The highest BCUT2D eigenvalue weighted by atomic mass is 32.2. The average molecular weight is 535 g/mol. The van der Waals surface area contributed by atoms with Crippen LogP contribution in [0.5, 0.6) is 0 Å². The number of rotatable bonds is 6. The number of anilines is 1. The van der Waals surface area contributed by atoms with Crippen molar-refractivity contribution in [2.75, 3.05) is 37.4 Å². The maximum absolute atomic E-state index is 13.1. The molecule has 2 aromatic heterocycles. The predicted octanol–water partition coefficient (Wildman–Crippen LogP) is 2.92. The van der Waals surface area contributed by atoms with E-state index in [4.69, 9.17) is 4.74 Å². The predicted molar refractivity (Wildman–Crippen MR) is 137 cm³/mol. The van der Waals surface area contributed by atoms with E-state index in [0.29, 0.717) is 48.1 Å². The second-order valence-corrected chi connectivity index (χ2v) is 12.5. The van der Waals surface area contributed by atoms with Crippen molar-refractivity contribution in [3.8, 4) is 0 Å². The van der Waals surface area contributed by atoms with E-state index in [2.05, 4.69) is 15.3 Å². The van der Waals surface area contributed by atoms with Gasteiger partial charge in [-0.3, -0.25) is 9.59 Å². The highest BCUT2D eigenvalue weighted by molar-refractivity contribution is 7.99. The summed E-state index contributed by atoms with van der Waals surface area (Å²) in [5.41, 5.74) is 1.98. The Hall–Kier alpha value is -2.25. The minimum Gasteiger partial charge on any atom is -0.379 e. The van der Waals surface area contributed by atoms with Crippen LogP contribution in [0.3, 0.4) is 0 Å². The Morgan fingerprint density at radius 2 is 2.03 bits per heavy atom. The molecule has 1 saturated heterocycles. The summed E-state index contributed by atoms with van der Waals surface area (Å²) >= 11 is 2.71. The summed E-state index contributed by atoms with van der Waals surface area (Å²) in [6, 6.07) is 4.85. The van der Waals surface area contributed by atoms with E-state index in [1.54, 1.807) is 30.4 Å². The number of aromatic amines is 1. The number of thiophene rings is 1. The largest absolute Gasteiger partial charge is 0.379 e. The van der Waals surface area contributed by atoms with Crippen LogP contribution >= 0.6 is 23.1 Å². The lowest BCUT2D eigenvalue weighted by atomic mass is 9.97. The van der Waals surface area contributed by atoms with Gasteiger partial charge in [-0.15, -0.1) is 11.3 Å². The van der Waals surface area contributed by atoms with E-state index in [9.17, 15) is 18.0 Å². The molecule has 35 heavy (non-hydrogen) atoms. The summed E-state index contributed by atoms with van der Waals surface area (Å²) < 4.78 is 32.8. The fraction of sp³-hybridized carbons (Fsp3) is 0.435. The first-order chi connectivity index (χ1) is 16.8. The number of amides is 1. The summed E-state index contributed by atoms with van der Waals surface area (Å²) in [5.74, 6) is -0.291. The molecule has 1 aliphatic carbocycles. The zero-order valence-electron chi connectivity index (χ0n) is 19.3. The van der Waals surface area contributed by atoms with Gasteiger partial charge in [0.2, 0.25) is 15.9 Å². The summed E-state index contributed by atoms with van der Waals surface area (Å²) in [5, 5.41) is 3.85. The SMILES string of the molecule is Cc1ccc(NC(=O)CSc2nc3sc4c(c3c(=O)[nH]2)CCCC4)cc1S(=O)(=O)N1CCOCC1. The first kappa shape index (κ1) is 24.4. The van der Waals surface area contributed by atoms with Crippen LogP contribution < -0.4 is 10.9 Å². The Bertz CT molecular complexity index is 1440. The van der Waals surface area contributed by atoms with Crippen molar-refractivity contribution < 1.29 is 17.9 Å². The molecule has 0 spiro atoms. The topological polar surface area (TPSA) is 121 Å². The zero-order chi connectivity index (χ0) is 24.6. The van der Waals surface area contributed by atoms with Gasteiger partial charge in [-0.2, -0.15) is 4.31 Å². The molecule has 1 fully saturated rings. The van der Waals surface area contributed by atoms with Crippen molar-refractivity contribution in [2.45, 2.75) is 42.7 Å². The molecule has 1 aromatic carbocycles. The number of sulfonamides is 1. The van der Waals surface area contributed by atoms with Gasteiger partial charge in [-0.1, -0.05) is 17.8 Å². The lowest BCUT2D eigenvalue weighted by molar-refractivity contribution is -0.113. The number of hydrogen-bond donors (Lipinski definition) is 2. The fourth-order valence-electron chi connectivity index (χ4n) is 4.43. The quantitative estimate of drug-likeness (QED) is 0.368. The molecule has 1 aliphatic heterocycles. The third-order valence-electron chi connectivity index (χ3n) is 6.20. The van der Waals surface area contributed by atoms with E-state index in [0.717, 1.165) is 47.8 Å². The number of fused-ring (bicyclic) bond motifs is 3. The second-order valence-electron chi connectivity index (χ2n) is 8.60. The van der Waals surface area contributed by atoms with Crippen molar-refractivity contribution in [3.05, 3.63) is 44.6 Å². The number of aromatic nitrogens is 2. The molecule has 0 atom stereocenters. The zero-order valence-corrected chi connectivity index (χ0v) is 21.7. The number of hydrogen-bond acceptors (Lipinski definition) is 8.